The predicted octanol–water partition coefficient (Wildman–Crippen LogP) is 2.27. The highest BCUT2D eigenvalue weighted by molar-refractivity contribution is 5.97. The summed E-state index contributed by atoms with van der Waals surface area (Å²) in [5, 5.41) is 3.90. The number of hydrogen-bond acceptors (Lipinski definition) is 5. The summed E-state index contributed by atoms with van der Waals surface area (Å²) in [5.41, 5.74) is 3.11. The molecule has 2 heterocycles. The van der Waals surface area contributed by atoms with Gasteiger partial charge in [0.25, 0.3) is 0 Å². The molecule has 0 N–H and O–H groups in total. The van der Waals surface area contributed by atoms with Gasteiger partial charge in [0.15, 0.2) is 11.6 Å². The first-order chi connectivity index (χ1) is 8.66. The molecule has 0 spiro atoms. The maximum absolute atomic E-state index is 11.7. The summed E-state index contributed by atoms with van der Waals surface area (Å²) in [6, 6.07) is 0. The van der Waals surface area contributed by atoms with Gasteiger partial charge in [0.1, 0.15) is 5.76 Å². The van der Waals surface area contributed by atoms with E-state index in [1.807, 2.05) is 13.8 Å². The smallest absolute Gasteiger partial charge is 0.166 e. The number of ketones is 1. The van der Waals surface area contributed by atoms with Crippen LogP contribution in [0, 0.1) is 13.8 Å². The van der Waals surface area contributed by atoms with Crippen LogP contribution >= 0.6 is 0 Å². The monoisotopic (exact) mass is 243 g/mol. The zero-order chi connectivity index (χ0) is 12.7. The fourth-order valence-electron chi connectivity index (χ4n) is 2.31. The van der Waals surface area contributed by atoms with Crippen LogP contribution in [-0.4, -0.2) is 20.9 Å². The normalized spacial score (nSPS) is 14.7. The molecule has 0 aliphatic heterocycles. The molecule has 0 saturated heterocycles. The second kappa shape index (κ2) is 4.01. The quantitative estimate of drug-likeness (QED) is 0.768. The fraction of sp³-hybridized carbons (Fsp3) is 0.385. The SMILES string of the molecule is Cc1noc(C)c1-c1ncc2c(n1)CCCC2=O. The Morgan fingerprint density at radius 3 is 2.83 bits per heavy atom. The van der Waals surface area contributed by atoms with E-state index < -0.39 is 0 Å². The van der Waals surface area contributed by atoms with E-state index in [1.54, 1.807) is 6.20 Å². The first kappa shape index (κ1) is 11.1. The molecule has 0 saturated carbocycles. The Morgan fingerprint density at radius 1 is 1.28 bits per heavy atom. The Balaban J connectivity index is 2.13. The second-order valence-corrected chi connectivity index (χ2v) is 4.53. The van der Waals surface area contributed by atoms with Gasteiger partial charge in [-0.25, -0.2) is 9.97 Å². The van der Waals surface area contributed by atoms with Crippen LogP contribution in [0.2, 0.25) is 0 Å². The van der Waals surface area contributed by atoms with Crippen LogP contribution < -0.4 is 0 Å². The third-order valence-electron chi connectivity index (χ3n) is 3.24. The van der Waals surface area contributed by atoms with Crippen LogP contribution in [-0.2, 0) is 6.42 Å². The van der Waals surface area contributed by atoms with Crippen molar-refractivity contribution in [2.75, 3.05) is 0 Å². The third-order valence-corrected chi connectivity index (χ3v) is 3.24. The van der Waals surface area contributed by atoms with Gasteiger partial charge < -0.3 is 4.52 Å². The molecule has 5 heteroatoms. The Labute approximate surface area is 104 Å². The second-order valence-electron chi connectivity index (χ2n) is 4.53. The van der Waals surface area contributed by atoms with Gasteiger partial charge in [-0.2, -0.15) is 0 Å². The van der Waals surface area contributed by atoms with Crippen molar-refractivity contribution in [3.63, 3.8) is 0 Å². The van der Waals surface area contributed by atoms with Crippen molar-refractivity contribution in [2.45, 2.75) is 33.1 Å². The molecule has 0 bridgehead atoms. The highest BCUT2D eigenvalue weighted by Gasteiger charge is 2.21. The Hall–Kier alpha value is -2.04. The van der Waals surface area contributed by atoms with Crippen LogP contribution in [0.3, 0.4) is 0 Å². The van der Waals surface area contributed by atoms with Crippen molar-refractivity contribution in [1.29, 1.82) is 0 Å². The number of Topliss-reactive ketones (excluding diaryl/α,β-unsaturated/α-hetero) is 1. The number of rotatable bonds is 1. The lowest BCUT2D eigenvalue weighted by atomic mass is 9.96. The summed E-state index contributed by atoms with van der Waals surface area (Å²) < 4.78 is 5.12. The van der Waals surface area contributed by atoms with Crippen molar-refractivity contribution >= 4 is 5.78 Å². The number of aromatic nitrogens is 3. The van der Waals surface area contributed by atoms with E-state index >= 15 is 0 Å². The summed E-state index contributed by atoms with van der Waals surface area (Å²) in [6.45, 7) is 3.70. The molecule has 1 aliphatic rings. The van der Waals surface area contributed by atoms with Gasteiger partial charge >= 0.3 is 0 Å². The van der Waals surface area contributed by atoms with Crippen LogP contribution in [0.1, 0.15) is 40.3 Å². The van der Waals surface area contributed by atoms with Crippen molar-refractivity contribution in [3.8, 4) is 11.4 Å². The van der Waals surface area contributed by atoms with Gasteiger partial charge in [-0.3, -0.25) is 4.79 Å². The van der Waals surface area contributed by atoms with E-state index in [0.29, 0.717) is 23.6 Å². The van der Waals surface area contributed by atoms with Crippen LogP contribution in [0.4, 0.5) is 0 Å². The third kappa shape index (κ3) is 1.63. The molecule has 18 heavy (non-hydrogen) atoms. The molecule has 92 valence electrons. The average molecular weight is 243 g/mol. The zero-order valence-corrected chi connectivity index (χ0v) is 10.4. The molecule has 5 nitrogen and oxygen atoms in total. The highest BCUT2D eigenvalue weighted by Crippen LogP contribution is 2.26. The fourth-order valence-corrected chi connectivity index (χ4v) is 2.31. The summed E-state index contributed by atoms with van der Waals surface area (Å²) in [7, 11) is 0. The molecule has 1 aliphatic carbocycles. The van der Waals surface area contributed by atoms with Gasteiger partial charge in [-0.15, -0.1) is 0 Å². The lowest BCUT2D eigenvalue weighted by Crippen LogP contribution is -2.14. The number of fused-ring (bicyclic) bond motifs is 1. The summed E-state index contributed by atoms with van der Waals surface area (Å²) in [6.07, 6.45) is 3.93. The molecule has 0 radical (unpaired) electrons. The van der Waals surface area contributed by atoms with Crippen molar-refractivity contribution in [1.82, 2.24) is 15.1 Å². The molecule has 0 amide bonds. The molecule has 0 atom stereocenters. The van der Waals surface area contributed by atoms with Gasteiger partial charge in [0.2, 0.25) is 0 Å². The van der Waals surface area contributed by atoms with Crippen molar-refractivity contribution < 1.29 is 9.32 Å². The average Bonchev–Trinajstić information content (AvgIpc) is 2.69. The van der Waals surface area contributed by atoms with Gasteiger partial charge in [-0.1, -0.05) is 5.16 Å². The highest BCUT2D eigenvalue weighted by atomic mass is 16.5. The molecule has 2 aromatic heterocycles. The van der Waals surface area contributed by atoms with Crippen molar-refractivity contribution in [3.05, 3.63) is 28.9 Å². The lowest BCUT2D eigenvalue weighted by Gasteiger charge is -2.13. The molecule has 0 unspecified atom stereocenters. The maximum atomic E-state index is 11.7. The number of hydrogen-bond donors (Lipinski definition) is 0. The molecular formula is C13H13N3O2. The standard InChI is InChI=1S/C13H13N3O2/c1-7-12(8(2)18-16-7)13-14-6-9-10(15-13)4-3-5-11(9)17/h6H,3-5H2,1-2H3. The molecular weight excluding hydrogens is 230 g/mol. The summed E-state index contributed by atoms with van der Waals surface area (Å²) >= 11 is 0. The van der Waals surface area contributed by atoms with Gasteiger partial charge in [0, 0.05) is 12.6 Å². The Morgan fingerprint density at radius 2 is 2.11 bits per heavy atom. The van der Waals surface area contributed by atoms with Gasteiger partial charge in [0.05, 0.1) is 22.5 Å². The largest absolute Gasteiger partial charge is 0.361 e. The lowest BCUT2D eigenvalue weighted by molar-refractivity contribution is 0.0971. The number of nitrogens with zero attached hydrogens (tertiary/aromatic N) is 3. The maximum Gasteiger partial charge on any atom is 0.166 e. The minimum absolute atomic E-state index is 0.140. The minimum atomic E-state index is 0.140. The molecule has 0 aromatic carbocycles. The molecule has 2 aromatic rings. The summed E-state index contributed by atoms with van der Waals surface area (Å²) in [4.78, 5) is 20.5. The van der Waals surface area contributed by atoms with E-state index in [0.717, 1.165) is 29.8 Å². The summed E-state index contributed by atoms with van der Waals surface area (Å²) in [5.74, 6) is 1.44. The number of carbonyl (C=O) groups excluding carboxylic acids is 1. The van der Waals surface area contributed by atoms with E-state index in [1.165, 1.54) is 0 Å². The van der Waals surface area contributed by atoms with Crippen LogP contribution in [0.15, 0.2) is 10.7 Å². The molecule has 0 fully saturated rings. The predicted molar refractivity (Wildman–Crippen MR) is 64.3 cm³/mol. The zero-order valence-electron chi connectivity index (χ0n) is 10.4. The van der Waals surface area contributed by atoms with E-state index in [-0.39, 0.29) is 5.78 Å². The first-order valence-corrected chi connectivity index (χ1v) is 5.99. The number of carbonyl (C=O) groups is 1. The Kier molecular flexibility index (Phi) is 2.47. The molecule has 3 rings (SSSR count). The van der Waals surface area contributed by atoms with E-state index in [2.05, 4.69) is 15.1 Å². The topological polar surface area (TPSA) is 68.9 Å². The van der Waals surface area contributed by atoms with Crippen molar-refractivity contribution in [2.24, 2.45) is 0 Å². The Bertz CT molecular complexity index is 612. The minimum Gasteiger partial charge on any atom is -0.361 e. The first-order valence-electron chi connectivity index (χ1n) is 5.99. The van der Waals surface area contributed by atoms with E-state index in [9.17, 15) is 4.79 Å². The van der Waals surface area contributed by atoms with Gasteiger partial charge in [-0.05, 0) is 26.7 Å². The number of aryl methyl sites for hydroxylation is 3. The van der Waals surface area contributed by atoms with Crippen LogP contribution in [0.5, 0.6) is 0 Å². The van der Waals surface area contributed by atoms with E-state index in [4.69, 9.17) is 4.52 Å². The van der Waals surface area contributed by atoms with Crippen LogP contribution in [0.25, 0.3) is 11.4 Å².